The number of ketones is 1. The zero-order chi connectivity index (χ0) is 16.4. The number of rotatable bonds is 4. The number of hydrazine groups is 1. The van der Waals surface area contributed by atoms with Gasteiger partial charge in [0.25, 0.3) is 5.69 Å². The molecule has 2 aromatic rings. The highest BCUT2D eigenvalue weighted by molar-refractivity contribution is 6.07. The first kappa shape index (κ1) is 14.7. The Kier molecular flexibility index (Phi) is 3.78. The average Bonchev–Trinajstić information content (AvgIpc) is 2.57. The molecular formula is C16H13N3O4. The lowest BCUT2D eigenvalue weighted by Crippen LogP contribution is -2.41. The van der Waals surface area contributed by atoms with E-state index in [0.29, 0.717) is 16.8 Å². The van der Waals surface area contributed by atoms with Crippen molar-refractivity contribution in [3.8, 4) is 0 Å². The van der Waals surface area contributed by atoms with E-state index in [-0.39, 0.29) is 17.2 Å². The number of nitro groups is 1. The van der Waals surface area contributed by atoms with E-state index in [2.05, 4.69) is 10.9 Å². The Morgan fingerprint density at radius 3 is 2.35 bits per heavy atom. The highest BCUT2D eigenvalue weighted by atomic mass is 16.6. The van der Waals surface area contributed by atoms with E-state index in [0.717, 1.165) is 0 Å². The number of non-ortho nitro benzene ring substituents is 1. The molecule has 116 valence electrons. The zero-order valence-electron chi connectivity index (χ0n) is 11.9. The first-order valence-electron chi connectivity index (χ1n) is 6.86. The largest absolute Gasteiger partial charge is 0.508 e. The number of carbonyl (C=O) groups excluding carboxylic acids is 1. The second-order valence-electron chi connectivity index (χ2n) is 5.01. The van der Waals surface area contributed by atoms with Crippen LogP contribution in [0.2, 0.25) is 0 Å². The van der Waals surface area contributed by atoms with Gasteiger partial charge in [0.1, 0.15) is 11.8 Å². The lowest BCUT2D eigenvalue weighted by atomic mass is 9.92. The third-order valence-corrected chi connectivity index (χ3v) is 3.53. The molecule has 2 aromatic carbocycles. The highest BCUT2D eigenvalue weighted by Gasteiger charge is 2.27. The van der Waals surface area contributed by atoms with Crippen LogP contribution in [0, 0.1) is 10.1 Å². The molecule has 3 rings (SSSR count). The van der Waals surface area contributed by atoms with Crippen LogP contribution in [0.1, 0.15) is 15.9 Å². The third-order valence-electron chi connectivity index (χ3n) is 3.53. The second kappa shape index (κ2) is 5.90. The number of carbonyl (C=O) groups is 1. The molecule has 0 fully saturated rings. The monoisotopic (exact) mass is 311 g/mol. The Balaban J connectivity index is 1.73. The summed E-state index contributed by atoms with van der Waals surface area (Å²) < 4.78 is 0. The number of nitro benzene ring substituents is 1. The quantitative estimate of drug-likeness (QED) is 0.592. The van der Waals surface area contributed by atoms with Gasteiger partial charge in [0, 0.05) is 28.9 Å². The highest BCUT2D eigenvalue weighted by Crippen LogP contribution is 2.24. The smallest absolute Gasteiger partial charge is 0.269 e. The Bertz CT molecular complexity index is 799. The van der Waals surface area contributed by atoms with Crippen LogP contribution in [-0.4, -0.2) is 21.9 Å². The number of anilines is 1. The molecule has 0 spiro atoms. The molecule has 0 amide bonds. The van der Waals surface area contributed by atoms with Crippen LogP contribution in [0.4, 0.5) is 11.4 Å². The van der Waals surface area contributed by atoms with Crippen LogP contribution in [0.15, 0.2) is 54.6 Å². The van der Waals surface area contributed by atoms with Crippen molar-refractivity contribution in [1.82, 2.24) is 5.43 Å². The topological polar surface area (TPSA) is 104 Å². The number of fused-ring (bicyclic) bond motifs is 1. The predicted octanol–water partition coefficient (Wildman–Crippen LogP) is 2.68. The Morgan fingerprint density at radius 1 is 1.04 bits per heavy atom. The van der Waals surface area contributed by atoms with Crippen LogP contribution in [0.25, 0.3) is 5.76 Å². The van der Waals surface area contributed by atoms with Crippen molar-refractivity contribution in [2.24, 2.45) is 0 Å². The van der Waals surface area contributed by atoms with Crippen molar-refractivity contribution in [3.63, 3.8) is 0 Å². The molecule has 1 aliphatic carbocycles. The molecule has 23 heavy (non-hydrogen) atoms. The molecule has 0 aromatic heterocycles. The number of hydrogen-bond acceptors (Lipinski definition) is 6. The van der Waals surface area contributed by atoms with Gasteiger partial charge in [-0.2, -0.15) is 0 Å². The Hall–Kier alpha value is -3.19. The minimum absolute atomic E-state index is 0.0178. The van der Waals surface area contributed by atoms with Gasteiger partial charge in [-0.25, -0.2) is 5.43 Å². The average molecular weight is 311 g/mol. The Morgan fingerprint density at radius 2 is 1.70 bits per heavy atom. The molecule has 0 heterocycles. The van der Waals surface area contributed by atoms with Crippen molar-refractivity contribution in [2.75, 3.05) is 5.43 Å². The number of Topliss-reactive ketones (excluding diaryl/α,β-unsaturated/α-hetero) is 1. The maximum Gasteiger partial charge on any atom is 0.269 e. The zero-order valence-corrected chi connectivity index (χ0v) is 11.9. The molecule has 7 nitrogen and oxygen atoms in total. The van der Waals surface area contributed by atoms with Gasteiger partial charge < -0.3 is 10.5 Å². The summed E-state index contributed by atoms with van der Waals surface area (Å²) in [5, 5.41) is 20.6. The van der Waals surface area contributed by atoms with Crippen LogP contribution < -0.4 is 10.9 Å². The van der Waals surface area contributed by atoms with Gasteiger partial charge in [-0.1, -0.05) is 24.3 Å². The van der Waals surface area contributed by atoms with E-state index in [1.807, 2.05) is 0 Å². The second-order valence-corrected chi connectivity index (χ2v) is 5.01. The molecule has 1 unspecified atom stereocenters. The lowest BCUT2D eigenvalue weighted by molar-refractivity contribution is -0.384. The molecule has 1 atom stereocenters. The van der Waals surface area contributed by atoms with Gasteiger partial charge in [0.2, 0.25) is 0 Å². The van der Waals surface area contributed by atoms with Crippen LogP contribution in [0.3, 0.4) is 0 Å². The summed E-state index contributed by atoms with van der Waals surface area (Å²) in [7, 11) is 0. The fraction of sp³-hybridized carbons (Fsp3) is 0.0625. The molecular weight excluding hydrogens is 298 g/mol. The predicted molar refractivity (Wildman–Crippen MR) is 85.0 cm³/mol. The van der Waals surface area contributed by atoms with Crippen molar-refractivity contribution in [2.45, 2.75) is 6.04 Å². The summed E-state index contributed by atoms with van der Waals surface area (Å²) in [5.74, 6) is -0.143. The van der Waals surface area contributed by atoms with E-state index < -0.39 is 11.0 Å². The van der Waals surface area contributed by atoms with Gasteiger partial charge in [-0.3, -0.25) is 14.9 Å². The maximum absolute atomic E-state index is 12.4. The summed E-state index contributed by atoms with van der Waals surface area (Å²) >= 11 is 0. The minimum atomic E-state index is -0.736. The number of benzene rings is 2. The van der Waals surface area contributed by atoms with Crippen LogP contribution in [-0.2, 0) is 0 Å². The number of aliphatic hydroxyl groups is 1. The molecule has 1 aliphatic rings. The minimum Gasteiger partial charge on any atom is -0.508 e. The van der Waals surface area contributed by atoms with Crippen LogP contribution >= 0.6 is 0 Å². The summed E-state index contributed by atoms with van der Waals surface area (Å²) in [5.41, 5.74) is 7.11. The maximum atomic E-state index is 12.4. The third kappa shape index (κ3) is 2.90. The van der Waals surface area contributed by atoms with Gasteiger partial charge in [0.15, 0.2) is 5.78 Å². The van der Waals surface area contributed by atoms with Gasteiger partial charge in [-0.15, -0.1) is 0 Å². The molecule has 0 saturated carbocycles. The molecule has 3 N–H and O–H groups in total. The standard InChI is InChI=1S/C16H13N3O4/c20-15-9-14(16(21)13-4-2-1-3-12(13)15)18-17-10-5-7-11(8-6-10)19(22)23/h1-9,14,17-18,20H. The molecule has 0 bridgehead atoms. The van der Waals surface area contributed by atoms with E-state index in [9.17, 15) is 20.0 Å². The summed E-state index contributed by atoms with van der Waals surface area (Å²) in [4.78, 5) is 22.5. The molecule has 0 saturated heterocycles. The van der Waals surface area contributed by atoms with Crippen molar-refractivity contribution in [3.05, 3.63) is 75.8 Å². The van der Waals surface area contributed by atoms with Gasteiger partial charge in [0.05, 0.1) is 4.92 Å². The van der Waals surface area contributed by atoms with Crippen LogP contribution in [0.5, 0.6) is 0 Å². The lowest BCUT2D eigenvalue weighted by Gasteiger charge is -2.22. The summed E-state index contributed by atoms with van der Waals surface area (Å²) in [6.07, 6.45) is 1.42. The normalized spacial score (nSPS) is 16.4. The first-order valence-corrected chi connectivity index (χ1v) is 6.86. The summed E-state index contributed by atoms with van der Waals surface area (Å²) in [6, 6.07) is 11.8. The molecule has 0 radical (unpaired) electrons. The van der Waals surface area contributed by atoms with Gasteiger partial charge in [-0.05, 0) is 18.2 Å². The van der Waals surface area contributed by atoms with Crippen molar-refractivity contribution >= 4 is 22.9 Å². The number of nitrogens with one attached hydrogen (secondary N) is 2. The number of aliphatic hydroxyl groups excluding tert-OH is 1. The first-order chi connectivity index (χ1) is 11.1. The summed E-state index contributed by atoms with van der Waals surface area (Å²) in [6.45, 7) is 0. The number of nitrogens with zero attached hydrogens (tertiary/aromatic N) is 1. The molecule has 0 aliphatic heterocycles. The Labute approximate surface area is 131 Å². The van der Waals surface area contributed by atoms with Gasteiger partial charge >= 0.3 is 0 Å². The van der Waals surface area contributed by atoms with E-state index in [1.165, 1.54) is 30.3 Å². The van der Waals surface area contributed by atoms with E-state index in [4.69, 9.17) is 0 Å². The van der Waals surface area contributed by atoms with E-state index >= 15 is 0 Å². The van der Waals surface area contributed by atoms with E-state index in [1.54, 1.807) is 24.3 Å². The SMILES string of the molecule is O=C1c2ccccc2C(O)=CC1NNc1ccc([N+](=O)[O-])cc1. The number of hydrogen-bond donors (Lipinski definition) is 3. The van der Waals surface area contributed by atoms with Crippen molar-refractivity contribution < 1.29 is 14.8 Å². The fourth-order valence-corrected chi connectivity index (χ4v) is 2.35. The van der Waals surface area contributed by atoms with Crippen molar-refractivity contribution in [1.29, 1.82) is 0 Å². The molecule has 7 heteroatoms. The fourth-order valence-electron chi connectivity index (χ4n) is 2.35.